The molecule has 3 heterocycles. The lowest BCUT2D eigenvalue weighted by Crippen LogP contribution is -1.84. The number of fused-ring (bicyclic) bond motifs is 3. The summed E-state index contributed by atoms with van der Waals surface area (Å²) in [4.78, 5) is 1.24. The fourth-order valence-electron chi connectivity index (χ4n) is 3.74. The summed E-state index contributed by atoms with van der Waals surface area (Å²) < 4.78 is 1.29. The van der Waals surface area contributed by atoms with Crippen molar-refractivity contribution in [3.05, 3.63) is 73.1 Å². The second kappa shape index (κ2) is 5.53. The van der Waals surface area contributed by atoms with Crippen molar-refractivity contribution < 1.29 is 0 Å². The molecule has 0 aliphatic heterocycles. The lowest BCUT2D eigenvalue weighted by atomic mass is 9.97. The van der Waals surface area contributed by atoms with Gasteiger partial charge in [-0.2, -0.15) is 10.2 Å². The van der Waals surface area contributed by atoms with Crippen molar-refractivity contribution in [2.45, 2.75) is 0 Å². The van der Waals surface area contributed by atoms with Gasteiger partial charge >= 0.3 is 0 Å². The maximum Gasteiger partial charge on any atom is 0.0737 e. The first-order valence-corrected chi connectivity index (χ1v) is 9.57. The van der Waals surface area contributed by atoms with Gasteiger partial charge in [-0.3, -0.25) is 10.2 Å². The number of thiophene rings is 1. The van der Waals surface area contributed by atoms with Crippen LogP contribution in [0.4, 0.5) is 0 Å². The molecule has 0 fully saturated rings. The summed E-state index contributed by atoms with van der Waals surface area (Å²) in [6, 6.07) is 21.5. The fourth-order valence-corrected chi connectivity index (χ4v) is 4.83. The molecule has 6 rings (SSSR count). The van der Waals surface area contributed by atoms with Gasteiger partial charge in [0.2, 0.25) is 0 Å². The number of nitrogens with zero attached hydrogens (tertiary/aromatic N) is 2. The van der Waals surface area contributed by atoms with Gasteiger partial charge in [-0.05, 0) is 46.8 Å². The molecule has 3 aromatic carbocycles. The Labute approximate surface area is 158 Å². The maximum atomic E-state index is 4.29. The first-order chi connectivity index (χ1) is 13.4. The minimum Gasteiger partial charge on any atom is -0.278 e. The highest BCUT2D eigenvalue weighted by atomic mass is 32.1. The Hall–Kier alpha value is -3.44. The monoisotopic (exact) mass is 366 g/mol. The normalized spacial score (nSPS) is 11.7. The highest BCUT2D eigenvalue weighted by Crippen LogP contribution is 2.40. The van der Waals surface area contributed by atoms with E-state index in [0.29, 0.717) is 0 Å². The molecule has 0 spiro atoms. The smallest absolute Gasteiger partial charge is 0.0737 e. The van der Waals surface area contributed by atoms with Crippen LogP contribution in [0.2, 0.25) is 0 Å². The van der Waals surface area contributed by atoms with Crippen LogP contribution >= 0.6 is 11.3 Å². The van der Waals surface area contributed by atoms with Crippen LogP contribution in [0.25, 0.3) is 53.5 Å². The summed E-state index contributed by atoms with van der Waals surface area (Å²) >= 11 is 1.81. The van der Waals surface area contributed by atoms with Gasteiger partial charge in [0, 0.05) is 25.9 Å². The third-order valence-corrected chi connectivity index (χ3v) is 6.18. The molecule has 5 heteroatoms. The molecular formula is C22H14N4S. The van der Waals surface area contributed by atoms with Gasteiger partial charge < -0.3 is 0 Å². The van der Waals surface area contributed by atoms with Crippen LogP contribution in [0.3, 0.4) is 0 Å². The second-order valence-corrected chi connectivity index (χ2v) is 7.73. The van der Waals surface area contributed by atoms with E-state index in [1.165, 1.54) is 31.7 Å². The Bertz CT molecular complexity index is 1400. The molecule has 27 heavy (non-hydrogen) atoms. The SMILES string of the molecule is c1ccc2sc(-c3cc(-c4cccc5[nH]ncc45)cc4cn[nH]c34)cc2c1. The number of nitrogens with one attached hydrogen (secondary N) is 2. The zero-order valence-electron chi connectivity index (χ0n) is 14.2. The molecule has 128 valence electrons. The molecule has 0 bridgehead atoms. The van der Waals surface area contributed by atoms with Gasteiger partial charge in [0.15, 0.2) is 0 Å². The van der Waals surface area contributed by atoms with Gasteiger partial charge in [0.1, 0.15) is 0 Å². The molecule has 2 N–H and O–H groups in total. The Balaban J connectivity index is 1.65. The molecule has 0 saturated carbocycles. The van der Waals surface area contributed by atoms with Crippen LogP contribution in [0, 0.1) is 0 Å². The van der Waals surface area contributed by atoms with E-state index >= 15 is 0 Å². The third-order valence-electron chi connectivity index (χ3n) is 5.04. The number of aromatic nitrogens is 4. The van der Waals surface area contributed by atoms with E-state index in [2.05, 4.69) is 81.1 Å². The minimum absolute atomic E-state index is 1.04. The molecule has 0 atom stereocenters. The Morgan fingerprint density at radius 2 is 1.67 bits per heavy atom. The summed E-state index contributed by atoms with van der Waals surface area (Å²) in [6.07, 6.45) is 3.79. The van der Waals surface area contributed by atoms with E-state index in [4.69, 9.17) is 0 Å². The first kappa shape index (κ1) is 14.7. The molecule has 0 amide bonds. The lowest BCUT2D eigenvalue weighted by molar-refractivity contribution is 1.12. The van der Waals surface area contributed by atoms with Crippen molar-refractivity contribution in [2.24, 2.45) is 0 Å². The molecule has 0 aliphatic carbocycles. The number of benzene rings is 3. The molecular weight excluding hydrogens is 352 g/mol. The molecule has 4 nitrogen and oxygen atoms in total. The molecule has 0 unspecified atom stereocenters. The Morgan fingerprint density at radius 1 is 0.741 bits per heavy atom. The number of aromatic amines is 2. The first-order valence-electron chi connectivity index (χ1n) is 8.75. The van der Waals surface area contributed by atoms with Crippen molar-refractivity contribution >= 4 is 43.2 Å². The third kappa shape index (κ3) is 2.22. The highest BCUT2D eigenvalue weighted by Gasteiger charge is 2.14. The predicted molar refractivity (Wildman–Crippen MR) is 112 cm³/mol. The van der Waals surface area contributed by atoms with E-state index in [-0.39, 0.29) is 0 Å². The number of H-pyrrole nitrogens is 2. The van der Waals surface area contributed by atoms with Crippen molar-refractivity contribution in [1.29, 1.82) is 0 Å². The van der Waals surface area contributed by atoms with Crippen LogP contribution in [-0.2, 0) is 0 Å². The zero-order valence-corrected chi connectivity index (χ0v) is 15.0. The maximum absolute atomic E-state index is 4.29. The van der Waals surface area contributed by atoms with Gasteiger partial charge in [-0.15, -0.1) is 11.3 Å². The lowest BCUT2D eigenvalue weighted by Gasteiger charge is -2.07. The summed E-state index contributed by atoms with van der Waals surface area (Å²) in [6.45, 7) is 0. The Morgan fingerprint density at radius 3 is 2.63 bits per heavy atom. The molecule has 6 aromatic rings. The Kier molecular flexibility index (Phi) is 3.01. The van der Waals surface area contributed by atoms with Crippen LogP contribution in [-0.4, -0.2) is 20.4 Å². The summed E-state index contributed by atoms with van der Waals surface area (Å²) in [5.74, 6) is 0. The standard InChI is InChI=1S/C22H14N4S/c1-2-7-20-13(4-1)10-21(27-20)17-9-14(8-15-11-23-26-22(15)17)16-5-3-6-19-18(16)12-24-25-19/h1-12H,(H,23,26)(H,24,25). The number of hydrogen-bond acceptors (Lipinski definition) is 3. The number of hydrogen-bond donors (Lipinski definition) is 2. The molecule has 0 aliphatic rings. The quantitative estimate of drug-likeness (QED) is 0.395. The van der Waals surface area contributed by atoms with Gasteiger partial charge in [-0.25, -0.2) is 0 Å². The summed E-state index contributed by atoms with van der Waals surface area (Å²) in [5.41, 5.74) is 5.64. The highest BCUT2D eigenvalue weighted by molar-refractivity contribution is 7.22. The molecule has 3 aromatic heterocycles. The summed E-state index contributed by atoms with van der Waals surface area (Å²) in [5, 5.41) is 18.2. The van der Waals surface area contributed by atoms with Crippen LogP contribution in [0.5, 0.6) is 0 Å². The molecule has 0 saturated heterocycles. The van der Waals surface area contributed by atoms with Crippen molar-refractivity contribution in [1.82, 2.24) is 20.4 Å². The van der Waals surface area contributed by atoms with Crippen molar-refractivity contribution in [3.63, 3.8) is 0 Å². The zero-order chi connectivity index (χ0) is 17.8. The van der Waals surface area contributed by atoms with Crippen LogP contribution in [0.15, 0.2) is 73.1 Å². The second-order valence-electron chi connectivity index (χ2n) is 6.64. The van der Waals surface area contributed by atoms with E-state index in [1.807, 2.05) is 23.7 Å². The summed E-state index contributed by atoms with van der Waals surface area (Å²) in [7, 11) is 0. The predicted octanol–water partition coefficient (Wildman–Crippen LogP) is 5.99. The van der Waals surface area contributed by atoms with Gasteiger partial charge in [0.05, 0.1) is 23.4 Å². The van der Waals surface area contributed by atoms with Gasteiger partial charge in [-0.1, -0.05) is 30.3 Å². The van der Waals surface area contributed by atoms with Crippen molar-refractivity contribution in [2.75, 3.05) is 0 Å². The average molecular weight is 366 g/mol. The largest absolute Gasteiger partial charge is 0.278 e. The fraction of sp³-hybridized carbons (Fsp3) is 0. The molecule has 0 radical (unpaired) electrons. The van der Waals surface area contributed by atoms with E-state index < -0.39 is 0 Å². The van der Waals surface area contributed by atoms with Crippen LogP contribution < -0.4 is 0 Å². The van der Waals surface area contributed by atoms with E-state index in [9.17, 15) is 0 Å². The van der Waals surface area contributed by atoms with E-state index in [0.717, 1.165) is 21.8 Å². The van der Waals surface area contributed by atoms with E-state index in [1.54, 1.807) is 0 Å². The number of rotatable bonds is 2. The average Bonchev–Trinajstić information content (AvgIpc) is 3.44. The van der Waals surface area contributed by atoms with Crippen molar-refractivity contribution in [3.8, 4) is 21.6 Å². The van der Waals surface area contributed by atoms with Crippen LogP contribution in [0.1, 0.15) is 0 Å². The minimum atomic E-state index is 1.04. The van der Waals surface area contributed by atoms with Gasteiger partial charge in [0.25, 0.3) is 0 Å². The topological polar surface area (TPSA) is 57.4 Å².